The van der Waals surface area contributed by atoms with Gasteiger partial charge in [0.05, 0.1) is 31.0 Å². The Kier molecular flexibility index (Phi) is 11.8. The first-order chi connectivity index (χ1) is 25.7. The molecule has 5 aliphatic rings. The van der Waals surface area contributed by atoms with E-state index < -0.39 is 75.1 Å². The number of nitrogens with zero attached hydrogens (tertiary/aromatic N) is 1. The van der Waals surface area contributed by atoms with Gasteiger partial charge in [-0.2, -0.15) is 0 Å². The minimum absolute atomic E-state index is 0.0270. The smallest absolute Gasteiger partial charge is 0.338 e. The van der Waals surface area contributed by atoms with Crippen molar-refractivity contribution in [1.82, 2.24) is 0 Å². The van der Waals surface area contributed by atoms with Gasteiger partial charge in [-0.05, 0) is 107 Å². The van der Waals surface area contributed by atoms with Crippen molar-refractivity contribution in [3.8, 4) is 5.75 Å². The van der Waals surface area contributed by atoms with Crippen LogP contribution in [0, 0.1) is 39.7 Å². The molecule has 0 radical (unpaired) electrons. The topological polar surface area (TPSA) is 187 Å². The molecule has 0 amide bonds. The standard InChI is InChI=1S/C25H32F2O6.C14H17NO7/c1-21(2)32-20-10-14-15-9-17(26)16-8-13(28)6-7-22(16,3)24(15,27)18(29)11-23(14,4)25(20,33-21)19(30)12-31-5;1-10-9-12(5-6-13(10)22-11(2)16)14(17)20-7-3-4-8-21-15(18)19/h6-8,14-15,17-18,20,29H,9-12H2,1-5H3;5-6,9H,3-4,7-8H2,1-2H3/t14?,15?,17-,18-,20+,22-,23-,24-,25+;/m0./s1. The van der Waals surface area contributed by atoms with E-state index in [1.165, 1.54) is 44.4 Å². The third kappa shape index (κ3) is 7.33. The highest BCUT2D eigenvalue weighted by Crippen LogP contribution is 2.72. The largest absolute Gasteiger partial charge is 0.462 e. The molecule has 1 aromatic carbocycles. The Hall–Kier alpha value is -4.12. The van der Waals surface area contributed by atoms with E-state index in [-0.39, 0.29) is 49.8 Å². The Labute approximate surface area is 317 Å². The predicted molar refractivity (Wildman–Crippen MR) is 189 cm³/mol. The van der Waals surface area contributed by atoms with E-state index in [9.17, 15) is 34.4 Å². The highest BCUT2D eigenvalue weighted by Gasteiger charge is 2.80. The number of aliphatic hydroxyl groups is 1. The number of fused-ring (bicyclic) bond motifs is 7. The number of carbonyl (C=O) groups is 4. The van der Waals surface area contributed by atoms with Gasteiger partial charge in [-0.25, -0.2) is 13.6 Å². The Balaban J connectivity index is 0.000000231. The molecule has 9 atom stereocenters. The van der Waals surface area contributed by atoms with E-state index >= 15 is 8.78 Å². The number of methoxy groups -OCH3 is 1. The average Bonchev–Trinajstić information content (AvgIpc) is 3.51. The van der Waals surface area contributed by atoms with Crippen molar-refractivity contribution in [3.63, 3.8) is 0 Å². The molecule has 0 spiro atoms. The molecule has 302 valence electrons. The number of hydrogen-bond donors (Lipinski definition) is 1. The van der Waals surface area contributed by atoms with Gasteiger partial charge in [0.1, 0.15) is 18.5 Å². The zero-order valence-electron chi connectivity index (χ0n) is 32.1. The molecular formula is C39H49F2NO13. The van der Waals surface area contributed by atoms with Crippen molar-refractivity contribution in [2.24, 2.45) is 22.7 Å². The summed E-state index contributed by atoms with van der Waals surface area (Å²) in [7, 11) is 1.42. The second-order valence-corrected chi connectivity index (χ2v) is 15.8. The normalized spacial score (nSPS) is 35.1. The second kappa shape index (κ2) is 15.4. The van der Waals surface area contributed by atoms with Crippen molar-refractivity contribution in [1.29, 1.82) is 0 Å². The van der Waals surface area contributed by atoms with Crippen LogP contribution in [0.15, 0.2) is 42.0 Å². The fourth-order valence-corrected chi connectivity index (χ4v) is 9.68. The molecule has 0 bridgehead atoms. The summed E-state index contributed by atoms with van der Waals surface area (Å²) in [5.41, 5.74) is -5.03. The number of allylic oxidation sites excluding steroid dienone is 4. The number of Topliss-reactive ketones (excluding diaryl/α,β-unsaturated/α-hetero) is 1. The van der Waals surface area contributed by atoms with E-state index in [1.54, 1.807) is 33.8 Å². The molecular weight excluding hydrogens is 728 g/mol. The highest BCUT2D eigenvalue weighted by atomic mass is 19.1. The summed E-state index contributed by atoms with van der Waals surface area (Å²) in [6.07, 6.45) is 1.09. The molecule has 55 heavy (non-hydrogen) atoms. The third-order valence-corrected chi connectivity index (χ3v) is 11.9. The Morgan fingerprint density at radius 3 is 2.42 bits per heavy atom. The van der Waals surface area contributed by atoms with Gasteiger partial charge in [0.25, 0.3) is 5.09 Å². The summed E-state index contributed by atoms with van der Waals surface area (Å²) in [4.78, 5) is 62.2. The third-order valence-electron chi connectivity index (χ3n) is 11.9. The van der Waals surface area contributed by atoms with Crippen molar-refractivity contribution in [2.75, 3.05) is 26.9 Å². The molecule has 1 saturated heterocycles. The van der Waals surface area contributed by atoms with Gasteiger partial charge in [-0.15, -0.1) is 10.1 Å². The lowest BCUT2D eigenvalue weighted by Gasteiger charge is -2.63. The number of aliphatic hydroxyl groups excluding tert-OH is 1. The minimum Gasteiger partial charge on any atom is -0.462 e. The van der Waals surface area contributed by atoms with Crippen molar-refractivity contribution < 1.29 is 66.7 Å². The Bertz CT molecular complexity index is 1780. The number of esters is 2. The maximum atomic E-state index is 17.2. The number of halogens is 2. The molecule has 1 aliphatic heterocycles. The van der Waals surface area contributed by atoms with Crippen molar-refractivity contribution in [3.05, 3.63) is 63.2 Å². The average molecular weight is 778 g/mol. The monoisotopic (exact) mass is 777 g/mol. The molecule has 16 heteroatoms. The van der Waals surface area contributed by atoms with E-state index in [0.717, 1.165) is 0 Å². The van der Waals surface area contributed by atoms with Crippen LogP contribution in [0.5, 0.6) is 5.75 Å². The van der Waals surface area contributed by atoms with Gasteiger partial charge >= 0.3 is 11.9 Å². The molecule has 2 unspecified atom stereocenters. The van der Waals surface area contributed by atoms with Crippen LogP contribution < -0.4 is 4.74 Å². The maximum Gasteiger partial charge on any atom is 0.338 e. The molecule has 6 rings (SSSR count). The van der Waals surface area contributed by atoms with Gasteiger partial charge in [-0.3, -0.25) is 14.4 Å². The molecule has 3 saturated carbocycles. The lowest BCUT2D eigenvalue weighted by atomic mass is 9.44. The molecule has 4 aliphatic carbocycles. The molecule has 4 fully saturated rings. The number of alkyl halides is 2. The van der Waals surface area contributed by atoms with Gasteiger partial charge in [0.15, 0.2) is 28.6 Å². The number of aryl methyl sites for hydroxylation is 1. The predicted octanol–water partition coefficient (Wildman–Crippen LogP) is 5.09. The zero-order valence-corrected chi connectivity index (χ0v) is 32.1. The summed E-state index contributed by atoms with van der Waals surface area (Å²) in [6.45, 7) is 9.76. The van der Waals surface area contributed by atoms with Crippen LogP contribution in [0.1, 0.15) is 82.6 Å². The number of ketones is 2. The molecule has 14 nitrogen and oxygen atoms in total. The lowest BCUT2D eigenvalue weighted by molar-refractivity contribution is -0.757. The first-order valence-corrected chi connectivity index (χ1v) is 18.3. The number of hydrogen-bond acceptors (Lipinski definition) is 13. The van der Waals surface area contributed by atoms with E-state index in [4.69, 9.17) is 23.7 Å². The molecule has 1 N–H and O–H groups in total. The number of carbonyl (C=O) groups excluding carboxylic acids is 4. The quantitative estimate of drug-likeness (QED) is 0.103. The summed E-state index contributed by atoms with van der Waals surface area (Å²) >= 11 is 0. The zero-order chi connectivity index (χ0) is 40.7. The Morgan fingerprint density at radius 1 is 1.09 bits per heavy atom. The number of ether oxygens (including phenoxy) is 5. The first-order valence-electron chi connectivity index (χ1n) is 18.3. The van der Waals surface area contributed by atoms with E-state index in [1.807, 2.05) is 6.92 Å². The summed E-state index contributed by atoms with van der Waals surface area (Å²) < 4.78 is 60.4. The van der Waals surface area contributed by atoms with Crippen LogP contribution in [0.3, 0.4) is 0 Å². The first kappa shape index (κ1) is 42.0. The van der Waals surface area contributed by atoms with E-state index in [2.05, 4.69) is 4.84 Å². The molecule has 1 heterocycles. The maximum absolute atomic E-state index is 17.2. The summed E-state index contributed by atoms with van der Waals surface area (Å²) in [5.74, 6) is -3.66. The SMILES string of the molecule is CC(=O)Oc1ccc(C(=O)OCCCCO[N+](=O)[O-])cc1C.COCC(=O)[C@@]12OC(C)(C)O[C@@H]1CC1C3C[C@H](F)C4=CC(=O)C=C[C@]4(C)[C@@]3(F)[C@@H](O)C[C@@]12C. The number of unbranched alkanes of at least 4 members (excludes halogenated alkanes) is 1. The summed E-state index contributed by atoms with van der Waals surface area (Å²) in [5, 5.41) is 20.5. The lowest BCUT2D eigenvalue weighted by Crippen LogP contribution is -2.71. The van der Waals surface area contributed by atoms with Crippen LogP contribution in [0.4, 0.5) is 8.78 Å². The summed E-state index contributed by atoms with van der Waals surface area (Å²) in [6, 6.07) is 4.60. The van der Waals surface area contributed by atoms with Crippen molar-refractivity contribution >= 4 is 23.5 Å². The minimum atomic E-state index is -2.21. The Morgan fingerprint density at radius 2 is 1.78 bits per heavy atom. The van der Waals surface area contributed by atoms with E-state index in [0.29, 0.717) is 36.1 Å². The fraction of sp³-hybridized carbons (Fsp3) is 0.641. The second-order valence-electron chi connectivity index (χ2n) is 15.8. The van der Waals surface area contributed by atoms with Gasteiger partial charge in [0, 0.05) is 30.8 Å². The highest BCUT2D eigenvalue weighted by molar-refractivity contribution is 6.01. The van der Waals surface area contributed by atoms with Gasteiger partial charge < -0.3 is 33.6 Å². The van der Waals surface area contributed by atoms with Crippen LogP contribution in [-0.2, 0) is 38.2 Å². The van der Waals surface area contributed by atoms with Gasteiger partial charge in [0.2, 0.25) is 0 Å². The fourth-order valence-electron chi connectivity index (χ4n) is 9.68. The molecule has 1 aromatic rings. The number of rotatable bonds is 11. The molecule has 0 aromatic heterocycles. The van der Waals surface area contributed by atoms with Crippen LogP contribution in [0.25, 0.3) is 0 Å². The van der Waals surface area contributed by atoms with Crippen LogP contribution in [-0.4, -0.2) is 96.1 Å². The van der Waals surface area contributed by atoms with Crippen LogP contribution in [0.2, 0.25) is 0 Å². The van der Waals surface area contributed by atoms with Gasteiger partial charge in [-0.1, -0.05) is 13.0 Å². The van der Waals surface area contributed by atoms with Crippen LogP contribution >= 0.6 is 0 Å². The van der Waals surface area contributed by atoms with Crippen molar-refractivity contribution in [2.45, 2.75) is 109 Å². The number of benzene rings is 1.